The number of carbonyl (C=O) groups is 1. The predicted molar refractivity (Wildman–Crippen MR) is 69.5 cm³/mol. The summed E-state index contributed by atoms with van der Waals surface area (Å²) in [5.41, 5.74) is 0. The second kappa shape index (κ2) is 7.83. The van der Waals surface area contributed by atoms with Crippen LogP contribution in [0.4, 0.5) is 0 Å². The Balaban J connectivity index is 2.17. The molecule has 0 N–H and O–H groups in total. The zero-order valence-corrected chi connectivity index (χ0v) is 10.6. The van der Waals surface area contributed by atoms with Crippen LogP contribution in [0.15, 0.2) is 35.2 Å². The van der Waals surface area contributed by atoms with Crippen LogP contribution in [0.3, 0.4) is 0 Å². The van der Waals surface area contributed by atoms with Crippen LogP contribution in [0.5, 0.6) is 0 Å². The highest BCUT2D eigenvalue weighted by atomic mass is 32.2. The van der Waals surface area contributed by atoms with Crippen LogP contribution in [-0.2, 0) is 4.79 Å². The number of thioether (sulfide) groups is 2. The zero-order chi connectivity index (χ0) is 10.9. The summed E-state index contributed by atoms with van der Waals surface area (Å²) >= 11 is 3.08. The molecule has 0 amide bonds. The van der Waals surface area contributed by atoms with Gasteiger partial charge in [-0.2, -0.15) is 0 Å². The fraction of sp³-hybridized carbons (Fsp3) is 0.417. The third kappa shape index (κ3) is 5.90. The van der Waals surface area contributed by atoms with E-state index in [1.54, 1.807) is 11.8 Å². The average molecular weight is 240 g/mol. The van der Waals surface area contributed by atoms with Crippen molar-refractivity contribution in [1.82, 2.24) is 0 Å². The van der Waals surface area contributed by atoms with E-state index in [9.17, 15) is 4.79 Å². The molecule has 0 atom stereocenters. The van der Waals surface area contributed by atoms with Gasteiger partial charge in [-0.15, -0.1) is 11.8 Å². The average Bonchev–Trinajstić information content (AvgIpc) is 2.28. The lowest BCUT2D eigenvalue weighted by Crippen LogP contribution is -1.96. The maximum absolute atomic E-state index is 11.4. The second-order valence-electron chi connectivity index (χ2n) is 3.18. The smallest absolute Gasteiger partial charge is 0.199 e. The first-order chi connectivity index (χ1) is 7.33. The second-order valence-corrected chi connectivity index (χ2v) is 5.38. The minimum atomic E-state index is 0.289. The lowest BCUT2D eigenvalue weighted by molar-refractivity contribution is -0.108. The molecule has 0 bridgehead atoms. The summed E-state index contributed by atoms with van der Waals surface area (Å²) in [6.07, 6.45) is 2.29. The van der Waals surface area contributed by atoms with E-state index >= 15 is 0 Å². The lowest BCUT2D eigenvalue weighted by atomic mass is 10.4. The molecule has 82 valence electrons. The molecule has 1 aromatic rings. The first-order valence-electron chi connectivity index (χ1n) is 5.16. The van der Waals surface area contributed by atoms with E-state index in [4.69, 9.17) is 0 Å². The van der Waals surface area contributed by atoms with Crippen molar-refractivity contribution in [2.24, 2.45) is 0 Å². The molecule has 0 fully saturated rings. The molecule has 0 spiro atoms. The van der Waals surface area contributed by atoms with Gasteiger partial charge >= 0.3 is 0 Å². The highest BCUT2D eigenvalue weighted by Gasteiger charge is 2.02. The van der Waals surface area contributed by atoms with Crippen molar-refractivity contribution in [3.8, 4) is 0 Å². The fourth-order valence-corrected chi connectivity index (χ4v) is 2.84. The molecular formula is C12H16OS2. The highest BCUT2D eigenvalue weighted by molar-refractivity contribution is 8.15. The normalized spacial score (nSPS) is 10.2. The van der Waals surface area contributed by atoms with E-state index in [1.165, 1.54) is 16.7 Å². The molecule has 0 aliphatic heterocycles. The summed E-state index contributed by atoms with van der Waals surface area (Å²) in [5, 5.41) is 0.289. The Hall–Kier alpha value is -0.410. The first-order valence-corrected chi connectivity index (χ1v) is 7.13. The number of carbonyl (C=O) groups excluding carboxylic acids is 1. The Morgan fingerprint density at radius 3 is 2.67 bits per heavy atom. The number of hydrogen-bond donors (Lipinski definition) is 0. The summed E-state index contributed by atoms with van der Waals surface area (Å²) in [6, 6.07) is 10.1. The van der Waals surface area contributed by atoms with E-state index in [1.807, 2.05) is 30.3 Å². The summed E-state index contributed by atoms with van der Waals surface area (Å²) in [5.74, 6) is 1.54. The Morgan fingerprint density at radius 2 is 2.00 bits per heavy atom. The van der Waals surface area contributed by atoms with Crippen LogP contribution >= 0.6 is 23.5 Å². The van der Waals surface area contributed by atoms with Crippen molar-refractivity contribution in [3.63, 3.8) is 0 Å². The zero-order valence-electron chi connectivity index (χ0n) is 8.94. The van der Waals surface area contributed by atoms with Gasteiger partial charge < -0.3 is 0 Å². The molecule has 0 aromatic heterocycles. The molecule has 0 saturated heterocycles. The van der Waals surface area contributed by atoms with Gasteiger partial charge in [0.15, 0.2) is 5.12 Å². The van der Waals surface area contributed by atoms with Crippen LogP contribution < -0.4 is 0 Å². The van der Waals surface area contributed by atoms with Crippen LogP contribution in [0.25, 0.3) is 0 Å². The maximum Gasteiger partial charge on any atom is 0.199 e. The minimum Gasteiger partial charge on any atom is -0.286 e. The Kier molecular flexibility index (Phi) is 6.60. The van der Waals surface area contributed by atoms with Crippen molar-refractivity contribution >= 4 is 28.6 Å². The molecule has 0 unspecified atom stereocenters. The van der Waals surface area contributed by atoms with E-state index in [2.05, 4.69) is 6.92 Å². The SMILES string of the molecule is CCCCSC(=O)CSc1ccccc1. The summed E-state index contributed by atoms with van der Waals surface area (Å²) in [6.45, 7) is 2.14. The van der Waals surface area contributed by atoms with Crippen LogP contribution in [0, 0.1) is 0 Å². The van der Waals surface area contributed by atoms with E-state index in [0.717, 1.165) is 18.6 Å². The van der Waals surface area contributed by atoms with Gasteiger partial charge in [0, 0.05) is 10.6 Å². The predicted octanol–water partition coefficient (Wildman–Crippen LogP) is 3.84. The lowest BCUT2D eigenvalue weighted by Gasteiger charge is -2.00. The van der Waals surface area contributed by atoms with Crippen LogP contribution in [0.2, 0.25) is 0 Å². The maximum atomic E-state index is 11.4. The van der Waals surface area contributed by atoms with Crippen LogP contribution in [0.1, 0.15) is 19.8 Å². The summed E-state index contributed by atoms with van der Waals surface area (Å²) < 4.78 is 0. The van der Waals surface area contributed by atoms with E-state index in [0.29, 0.717) is 5.75 Å². The van der Waals surface area contributed by atoms with Crippen molar-refractivity contribution in [2.45, 2.75) is 24.7 Å². The highest BCUT2D eigenvalue weighted by Crippen LogP contribution is 2.19. The quantitative estimate of drug-likeness (QED) is 0.555. The Morgan fingerprint density at radius 1 is 1.27 bits per heavy atom. The largest absolute Gasteiger partial charge is 0.286 e. The van der Waals surface area contributed by atoms with Gasteiger partial charge in [-0.05, 0) is 18.6 Å². The molecule has 0 aliphatic carbocycles. The minimum absolute atomic E-state index is 0.289. The third-order valence-electron chi connectivity index (χ3n) is 1.86. The standard InChI is InChI=1S/C12H16OS2/c1-2-3-9-14-12(13)10-15-11-7-5-4-6-8-11/h4-8H,2-3,9-10H2,1H3. The van der Waals surface area contributed by atoms with E-state index in [-0.39, 0.29) is 5.12 Å². The number of benzene rings is 1. The van der Waals surface area contributed by atoms with Crippen LogP contribution in [-0.4, -0.2) is 16.6 Å². The van der Waals surface area contributed by atoms with Gasteiger partial charge in [0.2, 0.25) is 0 Å². The summed E-state index contributed by atoms with van der Waals surface area (Å²) in [7, 11) is 0. The number of rotatable bonds is 6. The molecule has 0 radical (unpaired) electrons. The molecular weight excluding hydrogens is 224 g/mol. The van der Waals surface area contributed by atoms with Crippen molar-refractivity contribution in [1.29, 1.82) is 0 Å². The van der Waals surface area contributed by atoms with Gasteiger partial charge in [-0.1, -0.05) is 43.3 Å². The molecule has 1 nitrogen and oxygen atoms in total. The molecule has 0 heterocycles. The van der Waals surface area contributed by atoms with Gasteiger partial charge in [0.1, 0.15) is 0 Å². The fourth-order valence-electron chi connectivity index (χ4n) is 1.03. The molecule has 1 aromatic carbocycles. The molecule has 3 heteroatoms. The molecule has 15 heavy (non-hydrogen) atoms. The number of unbranched alkanes of at least 4 members (excludes halogenated alkanes) is 1. The Bertz CT molecular complexity index is 285. The van der Waals surface area contributed by atoms with Gasteiger partial charge in [-0.3, -0.25) is 4.79 Å². The van der Waals surface area contributed by atoms with Crippen molar-refractivity contribution < 1.29 is 4.79 Å². The van der Waals surface area contributed by atoms with Crippen molar-refractivity contribution in [3.05, 3.63) is 30.3 Å². The third-order valence-corrected chi connectivity index (χ3v) is 4.01. The van der Waals surface area contributed by atoms with Gasteiger partial charge in [-0.25, -0.2) is 0 Å². The van der Waals surface area contributed by atoms with Gasteiger partial charge in [0.05, 0.1) is 5.75 Å². The number of hydrogen-bond acceptors (Lipinski definition) is 3. The molecule has 0 aliphatic rings. The summed E-state index contributed by atoms with van der Waals surface area (Å²) in [4.78, 5) is 12.6. The Labute approximate surface area is 100 Å². The van der Waals surface area contributed by atoms with Crippen molar-refractivity contribution in [2.75, 3.05) is 11.5 Å². The van der Waals surface area contributed by atoms with Gasteiger partial charge in [0.25, 0.3) is 0 Å². The first kappa shape index (κ1) is 12.7. The molecule has 1 rings (SSSR count). The van der Waals surface area contributed by atoms with E-state index < -0.39 is 0 Å². The monoisotopic (exact) mass is 240 g/mol. The molecule has 0 saturated carbocycles. The topological polar surface area (TPSA) is 17.1 Å².